The monoisotopic (exact) mass is 404 g/mol. The average Bonchev–Trinajstić information content (AvgIpc) is 3.09. The Balaban J connectivity index is 1.70. The molecule has 1 aliphatic heterocycles. The number of anilines is 2. The number of hydrogen-bond donors (Lipinski definition) is 1. The van der Waals surface area contributed by atoms with E-state index < -0.39 is 0 Å². The van der Waals surface area contributed by atoms with Gasteiger partial charge in [-0.15, -0.1) is 11.8 Å². The molecular formula is C20H21ClN2O3S. The van der Waals surface area contributed by atoms with E-state index in [-0.39, 0.29) is 17.1 Å². The van der Waals surface area contributed by atoms with Gasteiger partial charge in [0.25, 0.3) is 0 Å². The number of hydrogen-bond acceptors (Lipinski definition) is 4. The number of methoxy groups -OCH3 is 1. The number of benzene rings is 2. The third-order valence-electron chi connectivity index (χ3n) is 4.32. The lowest BCUT2D eigenvalue weighted by Crippen LogP contribution is -2.25. The minimum Gasteiger partial charge on any atom is -0.494 e. The largest absolute Gasteiger partial charge is 0.494 e. The lowest BCUT2D eigenvalue weighted by molar-refractivity contribution is -0.117. The molecule has 1 aliphatic rings. The Kier molecular flexibility index (Phi) is 6.29. The van der Waals surface area contributed by atoms with Crippen molar-refractivity contribution in [1.82, 2.24) is 0 Å². The van der Waals surface area contributed by atoms with Crippen LogP contribution in [-0.4, -0.2) is 30.7 Å². The molecular weight excluding hydrogens is 384 g/mol. The van der Waals surface area contributed by atoms with Crippen molar-refractivity contribution in [3.8, 4) is 5.75 Å². The van der Waals surface area contributed by atoms with Crippen molar-refractivity contribution < 1.29 is 14.3 Å². The molecule has 0 radical (unpaired) electrons. The Morgan fingerprint density at radius 1 is 1.30 bits per heavy atom. The van der Waals surface area contributed by atoms with Gasteiger partial charge in [0.05, 0.1) is 23.1 Å². The molecule has 1 heterocycles. The first kappa shape index (κ1) is 19.6. The molecule has 142 valence electrons. The van der Waals surface area contributed by atoms with Gasteiger partial charge in [0, 0.05) is 29.6 Å². The maximum Gasteiger partial charge on any atom is 0.237 e. The summed E-state index contributed by atoms with van der Waals surface area (Å²) in [5.41, 5.74) is 1.36. The van der Waals surface area contributed by atoms with Crippen LogP contribution >= 0.6 is 23.4 Å². The Bertz CT molecular complexity index is 859. The molecule has 0 saturated carbocycles. The second-order valence-electron chi connectivity index (χ2n) is 6.22. The molecule has 7 heteroatoms. The number of carbonyl (C=O) groups excluding carboxylic acids is 2. The Morgan fingerprint density at radius 3 is 2.74 bits per heavy atom. The van der Waals surface area contributed by atoms with Crippen LogP contribution in [0.15, 0.2) is 47.4 Å². The topological polar surface area (TPSA) is 58.6 Å². The second-order valence-corrected chi connectivity index (χ2v) is 8.01. The van der Waals surface area contributed by atoms with Crippen LogP contribution in [0.2, 0.25) is 5.02 Å². The van der Waals surface area contributed by atoms with Gasteiger partial charge in [-0.1, -0.05) is 23.7 Å². The summed E-state index contributed by atoms with van der Waals surface area (Å²) < 4.78 is 5.43. The Labute approximate surface area is 168 Å². The highest BCUT2D eigenvalue weighted by Gasteiger charge is 2.25. The van der Waals surface area contributed by atoms with Crippen LogP contribution in [0.25, 0.3) is 0 Å². The standard InChI is InChI=1S/C20H21ClN2O3S/c1-13(27-18-7-4-3-6-15(18)21)20(25)22-14-9-10-16(17(12-14)26-2)23-11-5-8-19(23)24/h3-4,6-7,9-10,12-13H,5,8,11H2,1-2H3,(H,22,25). The van der Waals surface area contributed by atoms with Gasteiger partial charge in [-0.3, -0.25) is 9.59 Å². The summed E-state index contributed by atoms with van der Waals surface area (Å²) in [4.78, 5) is 27.1. The summed E-state index contributed by atoms with van der Waals surface area (Å²) in [6.45, 7) is 2.52. The van der Waals surface area contributed by atoms with E-state index in [1.54, 1.807) is 30.2 Å². The van der Waals surface area contributed by atoms with Crippen LogP contribution in [-0.2, 0) is 9.59 Å². The van der Waals surface area contributed by atoms with E-state index in [4.69, 9.17) is 16.3 Å². The lowest BCUT2D eigenvalue weighted by atomic mass is 10.2. The fourth-order valence-electron chi connectivity index (χ4n) is 2.91. The lowest BCUT2D eigenvalue weighted by Gasteiger charge is -2.20. The predicted molar refractivity (Wildman–Crippen MR) is 110 cm³/mol. The molecule has 0 spiro atoms. The van der Waals surface area contributed by atoms with E-state index in [1.165, 1.54) is 11.8 Å². The smallest absolute Gasteiger partial charge is 0.237 e. The summed E-state index contributed by atoms with van der Waals surface area (Å²) in [5, 5.41) is 3.20. The normalized spacial score (nSPS) is 14.9. The molecule has 0 aromatic heterocycles. The molecule has 2 amide bonds. The van der Waals surface area contributed by atoms with Gasteiger partial charge in [0.15, 0.2) is 0 Å². The number of thioether (sulfide) groups is 1. The van der Waals surface area contributed by atoms with E-state index in [9.17, 15) is 9.59 Å². The SMILES string of the molecule is COc1cc(NC(=O)C(C)Sc2ccccc2Cl)ccc1N1CCCC1=O. The van der Waals surface area contributed by atoms with Crippen molar-refractivity contribution in [2.24, 2.45) is 0 Å². The fraction of sp³-hybridized carbons (Fsp3) is 0.300. The van der Waals surface area contributed by atoms with Crippen molar-refractivity contribution in [2.75, 3.05) is 23.9 Å². The van der Waals surface area contributed by atoms with E-state index in [0.717, 1.165) is 17.0 Å². The number of halogens is 1. The molecule has 1 N–H and O–H groups in total. The summed E-state index contributed by atoms with van der Waals surface area (Å²) in [6, 6.07) is 12.8. The quantitative estimate of drug-likeness (QED) is 0.715. The number of nitrogens with one attached hydrogen (secondary N) is 1. The van der Waals surface area contributed by atoms with Gasteiger partial charge in [0.1, 0.15) is 5.75 Å². The van der Waals surface area contributed by atoms with Crippen LogP contribution in [0.4, 0.5) is 11.4 Å². The van der Waals surface area contributed by atoms with Crippen molar-refractivity contribution >= 4 is 46.6 Å². The van der Waals surface area contributed by atoms with E-state index >= 15 is 0 Å². The minimum atomic E-state index is -0.323. The van der Waals surface area contributed by atoms with Crippen LogP contribution in [0, 0.1) is 0 Å². The van der Waals surface area contributed by atoms with Gasteiger partial charge < -0.3 is 15.0 Å². The molecule has 1 unspecified atom stereocenters. The molecule has 5 nitrogen and oxygen atoms in total. The molecule has 2 aromatic rings. The number of nitrogens with zero attached hydrogens (tertiary/aromatic N) is 1. The van der Waals surface area contributed by atoms with E-state index in [1.807, 2.05) is 31.2 Å². The minimum absolute atomic E-state index is 0.0925. The highest BCUT2D eigenvalue weighted by Crippen LogP contribution is 2.35. The molecule has 1 saturated heterocycles. The maximum atomic E-state index is 12.5. The van der Waals surface area contributed by atoms with E-state index in [2.05, 4.69) is 5.32 Å². The van der Waals surface area contributed by atoms with E-state index in [0.29, 0.717) is 29.4 Å². The Hall–Kier alpha value is -2.18. The Morgan fingerprint density at radius 2 is 2.07 bits per heavy atom. The maximum absolute atomic E-state index is 12.5. The predicted octanol–water partition coefficient (Wildman–Crippen LogP) is 4.59. The number of carbonyl (C=O) groups is 2. The van der Waals surface area contributed by atoms with Gasteiger partial charge in [-0.2, -0.15) is 0 Å². The fourth-order valence-corrected chi connectivity index (χ4v) is 4.06. The summed E-state index contributed by atoms with van der Waals surface area (Å²) in [7, 11) is 1.56. The van der Waals surface area contributed by atoms with Crippen LogP contribution in [0.1, 0.15) is 19.8 Å². The zero-order valence-electron chi connectivity index (χ0n) is 15.2. The molecule has 27 heavy (non-hydrogen) atoms. The summed E-state index contributed by atoms with van der Waals surface area (Å²) in [5.74, 6) is 0.524. The summed E-state index contributed by atoms with van der Waals surface area (Å²) in [6.07, 6.45) is 1.40. The zero-order chi connectivity index (χ0) is 19.4. The molecule has 3 rings (SSSR count). The first-order valence-electron chi connectivity index (χ1n) is 8.70. The zero-order valence-corrected chi connectivity index (χ0v) is 16.8. The molecule has 1 fully saturated rings. The number of ether oxygens (including phenoxy) is 1. The van der Waals surface area contributed by atoms with Crippen LogP contribution < -0.4 is 15.0 Å². The third kappa shape index (κ3) is 4.57. The third-order valence-corrected chi connectivity index (χ3v) is 5.94. The van der Waals surface area contributed by atoms with Crippen LogP contribution in [0.3, 0.4) is 0 Å². The molecule has 1 atom stereocenters. The summed E-state index contributed by atoms with van der Waals surface area (Å²) >= 11 is 7.57. The first-order chi connectivity index (χ1) is 13.0. The number of rotatable bonds is 6. The number of amides is 2. The van der Waals surface area contributed by atoms with Crippen molar-refractivity contribution in [3.05, 3.63) is 47.5 Å². The highest BCUT2D eigenvalue weighted by atomic mass is 35.5. The molecule has 2 aromatic carbocycles. The second kappa shape index (κ2) is 8.67. The average molecular weight is 405 g/mol. The highest BCUT2D eigenvalue weighted by molar-refractivity contribution is 8.00. The van der Waals surface area contributed by atoms with Crippen LogP contribution in [0.5, 0.6) is 5.75 Å². The van der Waals surface area contributed by atoms with Crippen molar-refractivity contribution in [1.29, 1.82) is 0 Å². The van der Waals surface area contributed by atoms with Crippen molar-refractivity contribution in [3.63, 3.8) is 0 Å². The van der Waals surface area contributed by atoms with Crippen molar-refractivity contribution in [2.45, 2.75) is 29.9 Å². The van der Waals surface area contributed by atoms with Gasteiger partial charge in [0.2, 0.25) is 11.8 Å². The van der Waals surface area contributed by atoms with Gasteiger partial charge in [-0.05, 0) is 37.6 Å². The van der Waals surface area contributed by atoms with Gasteiger partial charge >= 0.3 is 0 Å². The van der Waals surface area contributed by atoms with Gasteiger partial charge in [-0.25, -0.2) is 0 Å². The first-order valence-corrected chi connectivity index (χ1v) is 9.96. The molecule has 0 aliphatic carbocycles. The molecule has 0 bridgehead atoms.